The van der Waals surface area contributed by atoms with Crippen molar-refractivity contribution in [3.05, 3.63) is 12.2 Å². The van der Waals surface area contributed by atoms with Crippen molar-refractivity contribution in [2.75, 3.05) is 26.9 Å². The van der Waals surface area contributed by atoms with Gasteiger partial charge in [-0.2, -0.15) is 0 Å². The van der Waals surface area contributed by atoms with E-state index < -0.39 is 17.6 Å². The van der Waals surface area contributed by atoms with Crippen molar-refractivity contribution in [2.24, 2.45) is 5.92 Å². The number of hydrogen-bond acceptors (Lipinski definition) is 6. The summed E-state index contributed by atoms with van der Waals surface area (Å²) >= 11 is 0. The van der Waals surface area contributed by atoms with Crippen LogP contribution < -0.4 is 5.32 Å². The predicted octanol–water partition coefficient (Wildman–Crippen LogP) is 1.69. The first-order chi connectivity index (χ1) is 10.2. The largest absolute Gasteiger partial charge is 0.460 e. The maximum Gasteiger partial charge on any atom is 0.330 e. The number of nitrogens with one attached hydrogen (secondary N) is 1. The Morgan fingerprint density at radius 3 is 2.32 bits per heavy atom. The van der Waals surface area contributed by atoms with Gasteiger partial charge in [0.1, 0.15) is 18.2 Å². The topological polar surface area (TPSA) is 73.9 Å². The maximum absolute atomic E-state index is 12.1. The van der Waals surface area contributed by atoms with Gasteiger partial charge in [0.05, 0.1) is 6.61 Å². The second-order valence-corrected chi connectivity index (χ2v) is 6.23. The highest BCUT2D eigenvalue weighted by atomic mass is 16.6. The van der Waals surface area contributed by atoms with E-state index in [1.807, 2.05) is 34.6 Å². The minimum atomic E-state index is -0.521. The second-order valence-electron chi connectivity index (χ2n) is 6.23. The lowest BCUT2D eigenvalue weighted by atomic mass is 10.0. The van der Waals surface area contributed by atoms with Gasteiger partial charge in [0, 0.05) is 19.7 Å². The van der Waals surface area contributed by atoms with Gasteiger partial charge in [-0.3, -0.25) is 4.79 Å². The van der Waals surface area contributed by atoms with E-state index in [4.69, 9.17) is 14.2 Å². The van der Waals surface area contributed by atoms with Crippen LogP contribution in [0.25, 0.3) is 0 Å². The standard InChI is InChI=1S/C16H29NO5/c1-12(2)14(15(19)22-16(3,4)5)17-9-7-8-13(18)21-11-10-20-6/h7-8,12,14,17H,9-11H2,1-6H3/t14-/m0/s1. The summed E-state index contributed by atoms with van der Waals surface area (Å²) in [6.07, 6.45) is 2.95. The minimum Gasteiger partial charge on any atom is -0.460 e. The molecule has 1 N–H and O–H groups in total. The normalized spacial score (nSPS) is 13.4. The first kappa shape index (κ1) is 20.6. The van der Waals surface area contributed by atoms with Crippen LogP contribution in [0.4, 0.5) is 0 Å². The minimum absolute atomic E-state index is 0.0805. The zero-order valence-electron chi connectivity index (χ0n) is 14.5. The zero-order valence-corrected chi connectivity index (χ0v) is 14.5. The number of rotatable bonds is 9. The van der Waals surface area contributed by atoms with Crippen LogP contribution in [0.5, 0.6) is 0 Å². The highest BCUT2D eigenvalue weighted by Gasteiger charge is 2.26. The molecule has 0 aliphatic carbocycles. The molecule has 0 amide bonds. The number of carbonyl (C=O) groups excluding carboxylic acids is 2. The molecule has 0 aliphatic heterocycles. The molecule has 0 aromatic rings. The van der Waals surface area contributed by atoms with Crippen molar-refractivity contribution in [3.63, 3.8) is 0 Å². The molecule has 0 saturated heterocycles. The second kappa shape index (κ2) is 10.3. The fourth-order valence-electron chi connectivity index (χ4n) is 1.58. The van der Waals surface area contributed by atoms with Gasteiger partial charge in [-0.15, -0.1) is 0 Å². The number of carbonyl (C=O) groups is 2. The van der Waals surface area contributed by atoms with E-state index in [2.05, 4.69) is 5.32 Å². The quantitative estimate of drug-likeness (QED) is 0.396. The summed E-state index contributed by atoms with van der Waals surface area (Å²) in [6.45, 7) is 10.3. The molecule has 1 atom stereocenters. The van der Waals surface area contributed by atoms with Gasteiger partial charge in [0.15, 0.2) is 0 Å². The smallest absolute Gasteiger partial charge is 0.330 e. The molecule has 0 aromatic heterocycles. The van der Waals surface area contributed by atoms with Gasteiger partial charge in [-0.1, -0.05) is 19.9 Å². The number of esters is 2. The molecule has 0 heterocycles. The van der Waals surface area contributed by atoms with E-state index in [0.717, 1.165) is 0 Å². The predicted molar refractivity (Wildman–Crippen MR) is 84.4 cm³/mol. The van der Waals surface area contributed by atoms with Crippen LogP contribution in [-0.2, 0) is 23.8 Å². The summed E-state index contributed by atoms with van der Waals surface area (Å²) in [5, 5.41) is 3.07. The van der Waals surface area contributed by atoms with E-state index in [1.54, 1.807) is 6.08 Å². The molecule has 0 aliphatic rings. The fraction of sp³-hybridized carbons (Fsp3) is 0.750. The maximum atomic E-state index is 12.1. The molecular weight excluding hydrogens is 286 g/mol. The zero-order chi connectivity index (χ0) is 17.2. The lowest BCUT2D eigenvalue weighted by molar-refractivity contribution is -0.158. The number of hydrogen-bond donors (Lipinski definition) is 1. The highest BCUT2D eigenvalue weighted by Crippen LogP contribution is 2.12. The Bertz CT molecular complexity index is 371. The van der Waals surface area contributed by atoms with Gasteiger partial charge in [-0.25, -0.2) is 4.79 Å². The Morgan fingerprint density at radius 2 is 1.82 bits per heavy atom. The fourth-order valence-corrected chi connectivity index (χ4v) is 1.58. The molecule has 128 valence electrons. The van der Waals surface area contributed by atoms with Gasteiger partial charge >= 0.3 is 11.9 Å². The van der Waals surface area contributed by atoms with Crippen LogP contribution in [0, 0.1) is 5.92 Å². The SMILES string of the molecule is COCCOC(=O)C=CCN[C@H](C(=O)OC(C)(C)C)C(C)C. The van der Waals surface area contributed by atoms with Crippen LogP contribution >= 0.6 is 0 Å². The lowest BCUT2D eigenvalue weighted by Gasteiger charge is -2.26. The molecule has 0 bridgehead atoms. The monoisotopic (exact) mass is 315 g/mol. The third-order valence-corrected chi connectivity index (χ3v) is 2.57. The van der Waals surface area contributed by atoms with E-state index in [1.165, 1.54) is 13.2 Å². The summed E-state index contributed by atoms with van der Waals surface area (Å²) in [5.41, 5.74) is -0.521. The molecule has 6 heteroatoms. The lowest BCUT2D eigenvalue weighted by Crippen LogP contribution is -2.44. The first-order valence-corrected chi connectivity index (χ1v) is 7.46. The molecule has 0 fully saturated rings. The Labute approximate surface area is 133 Å². The molecular formula is C16H29NO5. The molecule has 0 unspecified atom stereocenters. The van der Waals surface area contributed by atoms with Gasteiger partial charge < -0.3 is 19.5 Å². The van der Waals surface area contributed by atoms with Crippen molar-refractivity contribution in [3.8, 4) is 0 Å². The van der Waals surface area contributed by atoms with E-state index in [-0.39, 0.29) is 18.5 Å². The van der Waals surface area contributed by atoms with Crippen LogP contribution in [0.2, 0.25) is 0 Å². The average Bonchev–Trinajstić information content (AvgIpc) is 2.36. The van der Waals surface area contributed by atoms with Crippen LogP contribution in [0.1, 0.15) is 34.6 Å². The number of methoxy groups -OCH3 is 1. The summed E-state index contributed by atoms with van der Waals surface area (Å²) in [6, 6.07) is -0.423. The summed E-state index contributed by atoms with van der Waals surface area (Å²) in [7, 11) is 1.54. The van der Waals surface area contributed by atoms with Crippen molar-refractivity contribution in [1.29, 1.82) is 0 Å². The third-order valence-electron chi connectivity index (χ3n) is 2.57. The third kappa shape index (κ3) is 10.3. The summed E-state index contributed by atoms with van der Waals surface area (Å²) in [5.74, 6) is -0.646. The molecule has 6 nitrogen and oxygen atoms in total. The van der Waals surface area contributed by atoms with Crippen LogP contribution in [0.3, 0.4) is 0 Å². The van der Waals surface area contributed by atoms with E-state index >= 15 is 0 Å². The molecule has 0 aromatic carbocycles. The number of ether oxygens (including phenoxy) is 3. The van der Waals surface area contributed by atoms with Crippen LogP contribution in [0.15, 0.2) is 12.2 Å². The molecule has 22 heavy (non-hydrogen) atoms. The van der Waals surface area contributed by atoms with Crippen molar-refractivity contribution in [2.45, 2.75) is 46.3 Å². The van der Waals surface area contributed by atoms with Gasteiger partial charge in [-0.05, 0) is 26.7 Å². The summed E-state index contributed by atoms with van der Waals surface area (Å²) in [4.78, 5) is 23.4. The summed E-state index contributed by atoms with van der Waals surface area (Å²) < 4.78 is 15.0. The molecule has 0 rings (SSSR count). The van der Waals surface area contributed by atoms with Crippen LogP contribution in [-0.4, -0.2) is 50.4 Å². The Kier molecular flexibility index (Phi) is 9.69. The van der Waals surface area contributed by atoms with Gasteiger partial charge in [0.2, 0.25) is 0 Å². The van der Waals surface area contributed by atoms with Crippen molar-refractivity contribution >= 4 is 11.9 Å². The Hall–Kier alpha value is -1.40. The van der Waals surface area contributed by atoms with Crippen molar-refractivity contribution < 1.29 is 23.8 Å². The average molecular weight is 315 g/mol. The molecule has 0 saturated carbocycles. The highest BCUT2D eigenvalue weighted by molar-refractivity contribution is 5.82. The molecule has 0 radical (unpaired) electrons. The van der Waals surface area contributed by atoms with E-state index in [9.17, 15) is 9.59 Å². The molecule has 0 spiro atoms. The Balaban J connectivity index is 4.26. The van der Waals surface area contributed by atoms with Gasteiger partial charge in [0.25, 0.3) is 0 Å². The van der Waals surface area contributed by atoms with E-state index in [0.29, 0.717) is 13.2 Å². The first-order valence-electron chi connectivity index (χ1n) is 7.46. The Morgan fingerprint density at radius 1 is 1.18 bits per heavy atom. The van der Waals surface area contributed by atoms with Crippen molar-refractivity contribution in [1.82, 2.24) is 5.32 Å².